The summed E-state index contributed by atoms with van der Waals surface area (Å²) in [6, 6.07) is 12.9. The van der Waals surface area contributed by atoms with Crippen molar-refractivity contribution in [2.75, 3.05) is 44.0 Å². The normalized spacial score (nSPS) is 20.0. The van der Waals surface area contributed by atoms with Crippen molar-refractivity contribution in [3.63, 3.8) is 0 Å². The van der Waals surface area contributed by atoms with Crippen molar-refractivity contribution in [1.82, 2.24) is 9.21 Å². The lowest BCUT2D eigenvalue weighted by Crippen LogP contribution is -2.48. The first-order valence-electron chi connectivity index (χ1n) is 16.8. The predicted molar refractivity (Wildman–Crippen MR) is 192 cm³/mol. The van der Waals surface area contributed by atoms with E-state index in [1.807, 2.05) is 13.8 Å². The van der Waals surface area contributed by atoms with Crippen molar-refractivity contribution in [3.05, 3.63) is 82.9 Å². The van der Waals surface area contributed by atoms with E-state index in [1.165, 1.54) is 52.7 Å². The SMILES string of the molecule is C[C@@H]1CCCCO[C@@H](CN(C)S(=O)(=O)c2ccc(Cl)cc2)[C@@H](C)CN([C@H](C)CO)C(=O)c2cc(NC(=O)Nc3ccc(C(F)(F)F)cc3)ccc2O1. The third-order valence-electron chi connectivity index (χ3n) is 8.74. The molecule has 284 valence electrons. The number of nitrogens with one attached hydrogen (secondary N) is 2. The molecule has 0 fully saturated rings. The number of ether oxygens (including phenoxy) is 2. The van der Waals surface area contributed by atoms with Gasteiger partial charge in [0.1, 0.15) is 5.75 Å². The van der Waals surface area contributed by atoms with Crippen LogP contribution in [0.1, 0.15) is 56.0 Å². The van der Waals surface area contributed by atoms with Gasteiger partial charge in [-0.15, -0.1) is 0 Å². The van der Waals surface area contributed by atoms with Crippen molar-refractivity contribution in [2.24, 2.45) is 5.92 Å². The molecule has 4 atom stereocenters. The molecule has 1 aliphatic rings. The Kier molecular flexibility index (Phi) is 14.0. The van der Waals surface area contributed by atoms with Gasteiger partial charge in [-0.2, -0.15) is 17.5 Å². The molecule has 1 heterocycles. The molecule has 0 unspecified atom stereocenters. The average Bonchev–Trinajstić information content (AvgIpc) is 3.09. The third-order valence-corrected chi connectivity index (χ3v) is 10.8. The number of anilines is 2. The molecular formula is C36H44ClF3N4O7S. The second kappa shape index (κ2) is 17.8. The number of hydrogen-bond donors (Lipinski definition) is 3. The lowest BCUT2D eigenvalue weighted by atomic mass is 10.0. The minimum absolute atomic E-state index is 0.0140. The molecule has 4 rings (SSSR count). The monoisotopic (exact) mass is 768 g/mol. The minimum atomic E-state index is -4.52. The zero-order chi connectivity index (χ0) is 38.2. The van der Waals surface area contributed by atoms with Crippen LogP contribution in [0.5, 0.6) is 5.75 Å². The van der Waals surface area contributed by atoms with E-state index in [9.17, 15) is 36.3 Å². The number of likely N-dealkylation sites (N-methyl/N-ethyl adjacent to an activating group) is 1. The fraction of sp³-hybridized carbons (Fsp3) is 0.444. The van der Waals surface area contributed by atoms with Crippen LogP contribution in [0.3, 0.4) is 0 Å². The summed E-state index contributed by atoms with van der Waals surface area (Å²) in [6.45, 7) is 5.40. The number of rotatable bonds is 8. The summed E-state index contributed by atoms with van der Waals surface area (Å²) in [7, 11) is -2.44. The van der Waals surface area contributed by atoms with Crippen molar-refractivity contribution in [3.8, 4) is 5.75 Å². The number of hydrogen-bond acceptors (Lipinski definition) is 7. The Labute approximate surface area is 307 Å². The van der Waals surface area contributed by atoms with Gasteiger partial charge in [0, 0.05) is 49.1 Å². The van der Waals surface area contributed by atoms with Gasteiger partial charge in [-0.1, -0.05) is 18.5 Å². The number of urea groups is 1. The highest BCUT2D eigenvalue weighted by molar-refractivity contribution is 7.89. The number of benzene rings is 3. The van der Waals surface area contributed by atoms with E-state index >= 15 is 0 Å². The molecule has 11 nitrogen and oxygen atoms in total. The number of aliphatic hydroxyl groups excluding tert-OH is 1. The highest BCUT2D eigenvalue weighted by Crippen LogP contribution is 2.31. The number of carbonyl (C=O) groups excluding carboxylic acids is 2. The summed E-state index contributed by atoms with van der Waals surface area (Å²) in [6.07, 6.45) is -3.46. The van der Waals surface area contributed by atoms with Gasteiger partial charge in [0.25, 0.3) is 5.91 Å². The van der Waals surface area contributed by atoms with Crippen LogP contribution < -0.4 is 15.4 Å². The number of carbonyl (C=O) groups is 2. The first kappa shape index (κ1) is 40.9. The molecule has 52 heavy (non-hydrogen) atoms. The molecule has 0 saturated carbocycles. The van der Waals surface area contributed by atoms with E-state index in [-0.39, 0.29) is 53.4 Å². The van der Waals surface area contributed by atoms with E-state index in [0.29, 0.717) is 24.5 Å². The summed E-state index contributed by atoms with van der Waals surface area (Å²) in [5.74, 6) is -0.671. The van der Waals surface area contributed by atoms with Gasteiger partial charge in [0.15, 0.2) is 0 Å². The Balaban J connectivity index is 1.60. The molecule has 0 aromatic heterocycles. The number of sulfonamides is 1. The maximum atomic E-state index is 14.4. The van der Waals surface area contributed by atoms with E-state index in [4.69, 9.17) is 21.1 Å². The Morgan fingerprint density at radius 1 is 1.04 bits per heavy atom. The second-order valence-electron chi connectivity index (χ2n) is 12.9. The highest BCUT2D eigenvalue weighted by atomic mass is 35.5. The van der Waals surface area contributed by atoms with Crippen LogP contribution in [0.15, 0.2) is 71.6 Å². The van der Waals surface area contributed by atoms with Crippen molar-refractivity contribution in [1.29, 1.82) is 0 Å². The molecule has 0 spiro atoms. The third kappa shape index (κ3) is 10.8. The summed E-state index contributed by atoms with van der Waals surface area (Å²) in [4.78, 5) is 28.7. The Hall–Kier alpha value is -3.89. The molecule has 0 aliphatic carbocycles. The highest BCUT2D eigenvalue weighted by Gasteiger charge is 2.33. The number of nitrogens with zero attached hydrogens (tertiary/aromatic N) is 2. The van der Waals surface area contributed by atoms with Crippen LogP contribution in [-0.4, -0.2) is 86.3 Å². The number of alkyl halides is 3. The van der Waals surface area contributed by atoms with Crippen LogP contribution in [0, 0.1) is 5.92 Å². The number of aliphatic hydroxyl groups is 1. The molecule has 1 aliphatic heterocycles. The fourth-order valence-corrected chi connectivity index (χ4v) is 6.95. The molecule has 3 aromatic carbocycles. The van der Waals surface area contributed by atoms with E-state index in [1.54, 1.807) is 13.0 Å². The summed E-state index contributed by atoms with van der Waals surface area (Å²) in [5.41, 5.74) is -0.434. The fourth-order valence-electron chi connectivity index (χ4n) is 5.64. The molecule has 3 aromatic rings. The van der Waals surface area contributed by atoms with Gasteiger partial charge in [0.05, 0.1) is 40.9 Å². The molecule has 0 radical (unpaired) electrons. The maximum Gasteiger partial charge on any atom is 0.416 e. The molecule has 16 heteroatoms. The first-order valence-corrected chi connectivity index (χ1v) is 18.6. The van der Waals surface area contributed by atoms with E-state index < -0.39 is 51.8 Å². The zero-order valence-corrected chi connectivity index (χ0v) is 30.9. The van der Waals surface area contributed by atoms with Crippen LogP contribution in [0.2, 0.25) is 5.02 Å². The molecule has 3 amide bonds. The lowest BCUT2D eigenvalue weighted by Gasteiger charge is -2.35. The van der Waals surface area contributed by atoms with Crippen molar-refractivity contribution >= 4 is 44.9 Å². The quantitative estimate of drug-likeness (QED) is 0.222. The van der Waals surface area contributed by atoms with Gasteiger partial charge >= 0.3 is 12.2 Å². The Bertz CT molecular complexity index is 1780. The number of amides is 3. The van der Waals surface area contributed by atoms with E-state index in [0.717, 1.165) is 30.7 Å². The number of fused-ring (bicyclic) bond motifs is 1. The smallest absolute Gasteiger partial charge is 0.416 e. The summed E-state index contributed by atoms with van der Waals surface area (Å²) >= 11 is 5.97. The molecule has 3 N–H and O–H groups in total. The molecular weight excluding hydrogens is 725 g/mol. The van der Waals surface area contributed by atoms with E-state index in [2.05, 4.69) is 10.6 Å². The number of halogens is 4. The topological polar surface area (TPSA) is 138 Å². The molecule has 0 bridgehead atoms. The van der Waals surface area contributed by atoms with Crippen molar-refractivity contribution < 1.29 is 45.8 Å². The minimum Gasteiger partial charge on any atom is -0.490 e. The van der Waals surface area contributed by atoms with Gasteiger partial charge in [-0.25, -0.2) is 13.2 Å². The van der Waals surface area contributed by atoms with Crippen LogP contribution in [0.25, 0.3) is 0 Å². The average molecular weight is 769 g/mol. The molecule has 0 saturated heterocycles. The maximum absolute atomic E-state index is 14.4. The van der Waals surface area contributed by atoms with Crippen LogP contribution in [0.4, 0.5) is 29.3 Å². The van der Waals surface area contributed by atoms with Crippen LogP contribution >= 0.6 is 11.6 Å². The second-order valence-corrected chi connectivity index (χ2v) is 15.4. The summed E-state index contributed by atoms with van der Waals surface area (Å²) in [5, 5.41) is 15.7. The van der Waals surface area contributed by atoms with Crippen molar-refractivity contribution in [2.45, 2.75) is 69.4 Å². The Morgan fingerprint density at radius 3 is 2.31 bits per heavy atom. The van der Waals surface area contributed by atoms with Crippen LogP contribution in [-0.2, 0) is 20.9 Å². The standard InChI is InChI=1S/C36H44ClF3N4O7S/c1-23-20-44(24(2)22-45)34(46)31-19-29(42-35(47)41-28-12-8-26(9-13-28)36(38,39)40)14-17-32(31)51-25(3)7-5-6-18-50-33(23)21-43(4)52(48,49)30-15-10-27(37)11-16-30/h8-17,19,23-25,33,45H,5-7,18,20-22H2,1-4H3,(H2,41,42,47)/t23-,24+,25+,33-/m0/s1. The zero-order valence-electron chi connectivity index (χ0n) is 29.3. The predicted octanol–water partition coefficient (Wildman–Crippen LogP) is 7.12. The van der Waals surface area contributed by atoms with Gasteiger partial charge in [-0.05, 0) is 99.8 Å². The van der Waals surface area contributed by atoms with Gasteiger partial charge in [0.2, 0.25) is 10.0 Å². The van der Waals surface area contributed by atoms with Gasteiger partial charge in [-0.3, -0.25) is 4.79 Å². The Morgan fingerprint density at radius 2 is 1.67 bits per heavy atom. The van der Waals surface area contributed by atoms with Gasteiger partial charge < -0.3 is 30.1 Å². The largest absolute Gasteiger partial charge is 0.490 e. The lowest BCUT2D eigenvalue weighted by molar-refractivity contribution is -0.137. The summed E-state index contributed by atoms with van der Waals surface area (Å²) < 4.78 is 79.4. The first-order chi connectivity index (χ1) is 24.5.